The molecule has 0 fully saturated rings. The summed E-state index contributed by atoms with van der Waals surface area (Å²) in [5.41, 5.74) is 1.72. The van der Waals surface area contributed by atoms with Gasteiger partial charge in [-0.05, 0) is 24.1 Å². The molecule has 1 amide bonds. The van der Waals surface area contributed by atoms with Gasteiger partial charge in [-0.2, -0.15) is 4.98 Å². The summed E-state index contributed by atoms with van der Waals surface area (Å²) in [5, 5.41) is 3.70. The maximum atomic E-state index is 12.4. The monoisotopic (exact) mass is 323 g/mol. The van der Waals surface area contributed by atoms with Crippen molar-refractivity contribution in [2.75, 3.05) is 7.05 Å². The summed E-state index contributed by atoms with van der Waals surface area (Å²) >= 11 is 3.39. The van der Waals surface area contributed by atoms with E-state index in [-0.39, 0.29) is 5.91 Å². The Bertz CT molecular complexity index is 569. The number of halogens is 1. The summed E-state index contributed by atoms with van der Waals surface area (Å²) in [7, 11) is 1.72. The normalized spacial score (nSPS) is 10.5. The fourth-order valence-electron chi connectivity index (χ4n) is 1.81. The molecular weight excluding hydrogens is 310 g/mol. The molecule has 100 valence electrons. The molecule has 0 spiro atoms. The summed E-state index contributed by atoms with van der Waals surface area (Å²) in [6.07, 6.45) is 2.06. The van der Waals surface area contributed by atoms with Gasteiger partial charge in [0.2, 0.25) is 6.39 Å². The Morgan fingerprint density at radius 2 is 2.26 bits per heavy atom. The van der Waals surface area contributed by atoms with Crippen molar-refractivity contribution in [1.29, 1.82) is 0 Å². The summed E-state index contributed by atoms with van der Waals surface area (Å²) in [6, 6.07) is 5.74. The van der Waals surface area contributed by atoms with E-state index in [4.69, 9.17) is 0 Å². The van der Waals surface area contributed by atoms with Crippen LogP contribution in [0.25, 0.3) is 0 Å². The molecule has 0 unspecified atom stereocenters. The number of aromatic nitrogens is 2. The number of carbonyl (C=O) groups is 1. The van der Waals surface area contributed by atoms with Crippen molar-refractivity contribution < 1.29 is 9.32 Å². The first-order valence-corrected chi connectivity index (χ1v) is 6.70. The lowest BCUT2D eigenvalue weighted by Crippen LogP contribution is -2.27. The maximum Gasteiger partial charge on any atom is 0.254 e. The lowest BCUT2D eigenvalue weighted by molar-refractivity contribution is 0.0779. The first-order valence-electron chi connectivity index (χ1n) is 5.91. The minimum atomic E-state index is -0.0528. The molecule has 5 nitrogen and oxygen atoms in total. The van der Waals surface area contributed by atoms with Gasteiger partial charge < -0.3 is 9.42 Å². The van der Waals surface area contributed by atoms with Gasteiger partial charge in [-0.15, -0.1) is 0 Å². The largest absolute Gasteiger partial charge is 0.343 e. The molecule has 0 aliphatic rings. The Labute approximate surface area is 119 Å². The minimum absolute atomic E-state index is 0.0528. The third-order valence-electron chi connectivity index (χ3n) is 2.82. The van der Waals surface area contributed by atoms with Gasteiger partial charge >= 0.3 is 0 Å². The molecule has 1 heterocycles. The van der Waals surface area contributed by atoms with Gasteiger partial charge in [-0.3, -0.25) is 4.79 Å². The fraction of sp³-hybridized carbons (Fsp3) is 0.308. The standard InChI is InChI=1S/C13H14BrN3O2/c1-3-9-4-5-10(14)6-11(9)13(18)17(2)7-12-15-8-19-16-12/h4-6,8H,3,7H2,1-2H3. The molecule has 0 N–H and O–H groups in total. The molecule has 0 aliphatic carbocycles. The molecule has 6 heteroatoms. The highest BCUT2D eigenvalue weighted by Crippen LogP contribution is 2.19. The van der Waals surface area contributed by atoms with E-state index in [1.807, 2.05) is 25.1 Å². The van der Waals surface area contributed by atoms with E-state index in [1.165, 1.54) is 6.39 Å². The average Bonchev–Trinajstić information content (AvgIpc) is 2.90. The van der Waals surface area contributed by atoms with E-state index in [2.05, 4.69) is 30.6 Å². The average molecular weight is 324 g/mol. The molecule has 0 saturated carbocycles. The summed E-state index contributed by atoms with van der Waals surface area (Å²) < 4.78 is 5.55. The van der Waals surface area contributed by atoms with Crippen LogP contribution in [0, 0.1) is 0 Å². The van der Waals surface area contributed by atoms with E-state index < -0.39 is 0 Å². The van der Waals surface area contributed by atoms with Crippen molar-refractivity contribution in [3.63, 3.8) is 0 Å². The number of benzene rings is 1. The Hall–Kier alpha value is -1.69. The van der Waals surface area contributed by atoms with Crippen LogP contribution in [-0.2, 0) is 13.0 Å². The lowest BCUT2D eigenvalue weighted by Gasteiger charge is -2.17. The van der Waals surface area contributed by atoms with Crippen LogP contribution >= 0.6 is 15.9 Å². The topological polar surface area (TPSA) is 59.2 Å². The highest BCUT2D eigenvalue weighted by Gasteiger charge is 2.17. The molecule has 1 aromatic heterocycles. The molecule has 0 saturated heterocycles. The van der Waals surface area contributed by atoms with Gasteiger partial charge in [0.1, 0.15) is 0 Å². The van der Waals surface area contributed by atoms with E-state index >= 15 is 0 Å². The van der Waals surface area contributed by atoms with Gasteiger partial charge in [0.15, 0.2) is 5.82 Å². The second kappa shape index (κ2) is 5.97. The molecule has 1 aromatic carbocycles. The van der Waals surface area contributed by atoms with E-state index in [9.17, 15) is 4.79 Å². The highest BCUT2D eigenvalue weighted by atomic mass is 79.9. The predicted molar refractivity (Wildman–Crippen MR) is 73.6 cm³/mol. The molecule has 0 radical (unpaired) electrons. The van der Waals surface area contributed by atoms with E-state index in [1.54, 1.807) is 11.9 Å². The van der Waals surface area contributed by atoms with Crippen LogP contribution in [0.4, 0.5) is 0 Å². The Morgan fingerprint density at radius 3 is 2.89 bits per heavy atom. The number of nitrogens with zero attached hydrogens (tertiary/aromatic N) is 3. The molecule has 0 bridgehead atoms. The third kappa shape index (κ3) is 3.20. The van der Waals surface area contributed by atoms with Gasteiger partial charge in [0.05, 0.1) is 6.54 Å². The van der Waals surface area contributed by atoms with Crippen LogP contribution in [0.15, 0.2) is 33.6 Å². The number of carbonyl (C=O) groups excluding carboxylic acids is 1. The summed E-state index contributed by atoms with van der Waals surface area (Å²) in [5.74, 6) is 0.437. The molecule has 2 aromatic rings. The van der Waals surface area contributed by atoms with Crippen molar-refractivity contribution in [3.05, 3.63) is 46.0 Å². The van der Waals surface area contributed by atoms with Crippen molar-refractivity contribution in [1.82, 2.24) is 15.0 Å². The number of aryl methyl sites for hydroxylation is 1. The SMILES string of the molecule is CCc1ccc(Br)cc1C(=O)N(C)Cc1ncon1. The zero-order valence-electron chi connectivity index (χ0n) is 10.8. The predicted octanol–water partition coefficient (Wildman–Crippen LogP) is 2.67. The summed E-state index contributed by atoms with van der Waals surface area (Å²) in [6.45, 7) is 2.35. The maximum absolute atomic E-state index is 12.4. The zero-order valence-corrected chi connectivity index (χ0v) is 12.3. The minimum Gasteiger partial charge on any atom is -0.343 e. The molecule has 19 heavy (non-hydrogen) atoms. The van der Waals surface area contributed by atoms with E-state index in [0.29, 0.717) is 17.9 Å². The molecule has 0 atom stereocenters. The Balaban J connectivity index is 2.21. The van der Waals surface area contributed by atoms with Crippen molar-refractivity contribution in [2.45, 2.75) is 19.9 Å². The fourth-order valence-corrected chi connectivity index (χ4v) is 2.17. The van der Waals surface area contributed by atoms with Gasteiger partial charge in [-0.25, -0.2) is 0 Å². The van der Waals surface area contributed by atoms with Crippen molar-refractivity contribution in [3.8, 4) is 0 Å². The van der Waals surface area contributed by atoms with Crippen LogP contribution < -0.4 is 0 Å². The smallest absolute Gasteiger partial charge is 0.254 e. The Morgan fingerprint density at radius 1 is 1.47 bits per heavy atom. The van der Waals surface area contributed by atoms with E-state index in [0.717, 1.165) is 16.5 Å². The quantitative estimate of drug-likeness (QED) is 0.867. The molecule has 2 rings (SSSR count). The van der Waals surface area contributed by atoms with Crippen LogP contribution in [0.1, 0.15) is 28.7 Å². The van der Waals surface area contributed by atoms with Crippen LogP contribution in [0.5, 0.6) is 0 Å². The van der Waals surface area contributed by atoms with Crippen LogP contribution in [0.3, 0.4) is 0 Å². The first kappa shape index (κ1) is 13.7. The van der Waals surface area contributed by atoms with Gasteiger partial charge in [-0.1, -0.05) is 34.1 Å². The van der Waals surface area contributed by atoms with Gasteiger partial charge in [0, 0.05) is 17.1 Å². The zero-order chi connectivity index (χ0) is 13.8. The number of amides is 1. The Kier molecular flexibility index (Phi) is 4.31. The first-order chi connectivity index (χ1) is 9.11. The number of rotatable bonds is 4. The summed E-state index contributed by atoms with van der Waals surface area (Å²) in [4.78, 5) is 17.9. The van der Waals surface area contributed by atoms with Crippen molar-refractivity contribution >= 4 is 21.8 Å². The molecule has 0 aliphatic heterocycles. The van der Waals surface area contributed by atoms with Crippen LogP contribution in [-0.4, -0.2) is 28.0 Å². The highest BCUT2D eigenvalue weighted by molar-refractivity contribution is 9.10. The molecular formula is C13H14BrN3O2. The lowest BCUT2D eigenvalue weighted by atomic mass is 10.0. The van der Waals surface area contributed by atoms with Gasteiger partial charge in [0.25, 0.3) is 5.91 Å². The second-order valence-corrected chi connectivity index (χ2v) is 5.08. The van der Waals surface area contributed by atoms with Crippen molar-refractivity contribution in [2.24, 2.45) is 0 Å². The number of hydrogen-bond acceptors (Lipinski definition) is 4. The van der Waals surface area contributed by atoms with Crippen LogP contribution in [0.2, 0.25) is 0 Å². The second-order valence-electron chi connectivity index (χ2n) is 4.16. The number of hydrogen-bond donors (Lipinski definition) is 0. The third-order valence-corrected chi connectivity index (χ3v) is 3.31.